The summed E-state index contributed by atoms with van der Waals surface area (Å²) in [5, 5.41) is 2.70. The molecule has 0 aromatic heterocycles. The largest absolute Gasteiger partial charge is 0.482 e. The fourth-order valence-electron chi connectivity index (χ4n) is 2.58. The van der Waals surface area contributed by atoms with E-state index in [0.717, 1.165) is 19.4 Å². The standard InChI is InChI=1S/C16H22N2O3/c1-12-7-5-6-10-18(12)16(20)11-21-15-9-4-3-8-14(15)17-13(2)19/h3-4,8-9,12H,5-7,10-11H2,1-2H3,(H,17,19)/t12-/m1/s1. The number of hydrogen-bond acceptors (Lipinski definition) is 3. The van der Waals surface area contributed by atoms with Crippen LogP contribution in [0.1, 0.15) is 33.1 Å². The van der Waals surface area contributed by atoms with Crippen LogP contribution in [0.5, 0.6) is 5.75 Å². The van der Waals surface area contributed by atoms with Gasteiger partial charge in [0.25, 0.3) is 5.91 Å². The molecule has 1 N–H and O–H groups in total. The van der Waals surface area contributed by atoms with Crippen molar-refractivity contribution in [2.75, 3.05) is 18.5 Å². The van der Waals surface area contributed by atoms with E-state index in [1.165, 1.54) is 13.3 Å². The molecule has 1 aliphatic heterocycles. The summed E-state index contributed by atoms with van der Waals surface area (Å²) in [4.78, 5) is 25.3. The van der Waals surface area contributed by atoms with Crippen molar-refractivity contribution in [3.05, 3.63) is 24.3 Å². The number of carbonyl (C=O) groups excluding carboxylic acids is 2. The predicted octanol–water partition coefficient (Wildman–Crippen LogP) is 2.42. The lowest BCUT2D eigenvalue weighted by atomic mass is 10.0. The number of rotatable bonds is 4. The highest BCUT2D eigenvalue weighted by Crippen LogP contribution is 2.24. The molecule has 0 saturated carbocycles. The molecule has 5 nitrogen and oxygen atoms in total. The third-order valence-electron chi connectivity index (χ3n) is 3.67. The quantitative estimate of drug-likeness (QED) is 0.926. The van der Waals surface area contributed by atoms with Crippen LogP contribution in [-0.4, -0.2) is 35.9 Å². The summed E-state index contributed by atoms with van der Waals surface area (Å²) in [7, 11) is 0. The lowest BCUT2D eigenvalue weighted by Gasteiger charge is -2.33. The fraction of sp³-hybridized carbons (Fsp3) is 0.500. The number of likely N-dealkylation sites (tertiary alicyclic amines) is 1. The van der Waals surface area contributed by atoms with Crippen molar-refractivity contribution in [2.24, 2.45) is 0 Å². The summed E-state index contributed by atoms with van der Waals surface area (Å²) in [6.07, 6.45) is 3.28. The van der Waals surface area contributed by atoms with Crippen LogP contribution in [0.3, 0.4) is 0 Å². The van der Waals surface area contributed by atoms with Gasteiger partial charge >= 0.3 is 0 Å². The smallest absolute Gasteiger partial charge is 0.260 e. The average molecular weight is 290 g/mol. The van der Waals surface area contributed by atoms with Gasteiger partial charge in [0.1, 0.15) is 5.75 Å². The molecule has 1 aliphatic rings. The van der Waals surface area contributed by atoms with Crippen LogP contribution < -0.4 is 10.1 Å². The minimum absolute atomic E-state index is 0.000159. The van der Waals surface area contributed by atoms with Crippen molar-refractivity contribution in [1.82, 2.24) is 4.90 Å². The highest BCUT2D eigenvalue weighted by atomic mass is 16.5. The Kier molecular flexibility index (Phi) is 5.20. The van der Waals surface area contributed by atoms with Gasteiger partial charge in [0.05, 0.1) is 5.69 Å². The van der Waals surface area contributed by atoms with Crippen LogP contribution in [0.2, 0.25) is 0 Å². The van der Waals surface area contributed by atoms with Crippen molar-refractivity contribution in [1.29, 1.82) is 0 Å². The van der Waals surface area contributed by atoms with Gasteiger partial charge in [0.15, 0.2) is 6.61 Å². The van der Waals surface area contributed by atoms with Crippen molar-refractivity contribution < 1.29 is 14.3 Å². The van der Waals surface area contributed by atoms with Crippen molar-refractivity contribution in [2.45, 2.75) is 39.2 Å². The zero-order valence-corrected chi connectivity index (χ0v) is 12.6. The number of amides is 2. The molecule has 0 aliphatic carbocycles. The number of carbonyl (C=O) groups is 2. The van der Waals surface area contributed by atoms with Gasteiger partial charge < -0.3 is 15.0 Å². The highest BCUT2D eigenvalue weighted by molar-refractivity contribution is 5.90. The summed E-state index contributed by atoms with van der Waals surface area (Å²) >= 11 is 0. The minimum Gasteiger partial charge on any atom is -0.482 e. The normalized spacial score (nSPS) is 18.2. The first-order valence-corrected chi connectivity index (χ1v) is 7.37. The van der Waals surface area contributed by atoms with Crippen LogP contribution in [0.25, 0.3) is 0 Å². The second-order valence-corrected chi connectivity index (χ2v) is 5.40. The molecule has 1 fully saturated rings. The number of piperidine rings is 1. The number of ether oxygens (including phenoxy) is 1. The number of nitrogens with one attached hydrogen (secondary N) is 1. The Morgan fingerprint density at radius 3 is 2.81 bits per heavy atom. The van der Waals surface area contributed by atoms with Gasteiger partial charge in [-0.1, -0.05) is 12.1 Å². The molecule has 1 atom stereocenters. The maximum atomic E-state index is 12.2. The second-order valence-electron chi connectivity index (χ2n) is 5.40. The van der Waals surface area contributed by atoms with Gasteiger partial charge in [0.2, 0.25) is 5.91 Å². The van der Waals surface area contributed by atoms with E-state index in [1.807, 2.05) is 17.0 Å². The van der Waals surface area contributed by atoms with Crippen LogP contribution in [0.4, 0.5) is 5.69 Å². The summed E-state index contributed by atoms with van der Waals surface area (Å²) in [6, 6.07) is 7.41. The van der Waals surface area contributed by atoms with Crippen molar-refractivity contribution in [3.8, 4) is 5.75 Å². The molecule has 0 spiro atoms. The fourth-order valence-corrected chi connectivity index (χ4v) is 2.58. The predicted molar refractivity (Wildman–Crippen MR) is 81.3 cm³/mol. The van der Waals surface area contributed by atoms with Gasteiger partial charge in [0, 0.05) is 19.5 Å². The summed E-state index contributed by atoms with van der Waals surface area (Å²) in [5.74, 6) is 0.354. The van der Waals surface area contributed by atoms with E-state index in [-0.39, 0.29) is 24.5 Å². The Hall–Kier alpha value is -2.04. The zero-order chi connectivity index (χ0) is 15.2. The number of anilines is 1. The van der Waals surface area contributed by atoms with Gasteiger partial charge in [-0.25, -0.2) is 0 Å². The summed E-state index contributed by atoms with van der Waals surface area (Å²) in [5.41, 5.74) is 0.587. The Bertz CT molecular complexity index is 516. The molecule has 1 aromatic rings. The molecule has 0 radical (unpaired) electrons. The average Bonchev–Trinajstić information content (AvgIpc) is 2.46. The van der Waals surface area contributed by atoms with E-state index in [4.69, 9.17) is 4.74 Å². The van der Waals surface area contributed by atoms with E-state index in [9.17, 15) is 9.59 Å². The Balaban J connectivity index is 1.96. The molecule has 5 heteroatoms. The third-order valence-corrected chi connectivity index (χ3v) is 3.67. The van der Waals surface area contributed by atoms with E-state index in [2.05, 4.69) is 12.2 Å². The first kappa shape index (κ1) is 15.4. The van der Waals surface area contributed by atoms with Crippen LogP contribution in [-0.2, 0) is 9.59 Å². The van der Waals surface area contributed by atoms with Crippen molar-refractivity contribution >= 4 is 17.5 Å². The topological polar surface area (TPSA) is 58.6 Å². The molecule has 1 saturated heterocycles. The highest BCUT2D eigenvalue weighted by Gasteiger charge is 2.23. The Morgan fingerprint density at radius 2 is 2.10 bits per heavy atom. The molecular weight excluding hydrogens is 268 g/mol. The summed E-state index contributed by atoms with van der Waals surface area (Å²) < 4.78 is 5.60. The van der Waals surface area contributed by atoms with Gasteiger partial charge in [-0.2, -0.15) is 0 Å². The van der Waals surface area contributed by atoms with Crippen molar-refractivity contribution in [3.63, 3.8) is 0 Å². The Morgan fingerprint density at radius 1 is 1.33 bits per heavy atom. The number of nitrogens with zero attached hydrogens (tertiary/aromatic N) is 1. The number of para-hydroxylation sites is 2. The molecule has 21 heavy (non-hydrogen) atoms. The number of hydrogen-bond donors (Lipinski definition) is 1. The third kappa shape index (κ3) is 4.21. The summed E-state index contributed by atoms with van der Waals surface area (Å²) in [6.45, 7) is 4.32. The maximum Gasteiger partial charge on any atom is 0.260 e. The number of benzene rings is 1. The van der Waals surface area contributed by atoms with E-state index >= 15 is 0 Å². The molecule has 1 aromatic carbocycles. The first-order chi connectivity index (χ1) is 10.1. The lowest BCUT2D eigenvalue weighted by molar-refractivity contribution is -0.136. The van der Waals surface area contributed by atoms with Crippen LogP contribution in [0, 0.1) is 0 Å². The molecule has 2 rings (SSSR count). The molecular formula is C16H22N2O3. The maximum absolute atomic E-state index is 12.2. The first-order valence-electron chi connectivity index (χ1n) is 7.37. The molecule has 0 bridgehead atoms. The van der Waals surface area contributed by atoms with Crippen LogP contribution >= 0.6 is 0 Å². The zero-order valence-electron chi connectivity index (χ0n) is 12.6. The molecule has 2 amide bonds. The van der Waals surface area contributed by atoms with E-state index < -0.39 is 0 Å². The van der Waals surface area contributed by atoms with Gasteiger partial charge in [-0.3, -0.25) is 9.59 Å². The van der Waals surface area contributed by atoms with Crippen LogP contribution in [0.15, 0.2) is 24.3 Å². The van der Waals surface area contributed by atoms with Gasteiger partial charge in [-0.05, 0) is 38.3 Å². The molecule has 1 heterocycles. The lowest BCUT2D eigenvalue weighted by Crippen LogP contribution is -2.44. The second kappa shape index (κ2) is 7.11. The van der Waals surface area contributed by atoms with E-state index in [0.29, 0.717) is 11.4 Å². The molecule has 0 unspecified atom stereocenters. The van der Waals surface area contributed by atoms with Gasteiger partial charge in [-0.15, -0.1) is 0 Å². The monoisotopic (exact) mass is 290 g/mol. The Labute approximate surface area is 125 Å². The SMILES string of the molecule is CC(=O)Nc1ccccc1OCC(=O)N1CCCC[C@H]1C. The van der Waals surface area contributed by atoms with E-state index in [1.54, 1.807) is 12.1 Å². The molecule has 114 valence electrons. The minimum atomic E-state index is -0.165.